The maximum atomic E-state index is 13.5. The predicted octanol–water partition coefficient (Wildman–Crippen LogP) is 4.17. The minimum absolute atomic E-state index is 0.123. The first-order valence-electron chi connectivity index (χ1n) is 5.92. The monoisotopic (exact) mass is 335 g/mol. The molecule has 0 aliphatic heterocycles. The molecular weight excluding hydrogens is 325 g/mol. The van der Waals surface area contributed by atoms with Gasteiger partial charge in [0.2, 0.25) is 5.88 Å². The third-order valence-electron chi connectivity index (χ3n) is 2.51. The highest BCUT2D eigenvalue weighted by Crippen LogP contribution is 2.27. The van der Waals surface area contributed by atoms with Crippen molar-refractivity contribution in [2.24, 2.45) is 0 Å². The molecule has 1 heterocycles. The molecular formula is C14H11BrFN3O. The molecule has 102 valence electrons. The molecule has 6 heteroatoms. The van der Waals surface area contributed by atoms with Crippen LogP contribution in [0.3, 0.4) is 0 Å². The van der Waals surface area contributed by atoms with Gasteiger partial charge in [0.1, 0.15) is 33.6 Å². The van der Waals surface area contributed by atoms with Crippen LogP contribution in [0.5, 0.6) is 11.6 Å². The van der Waals surface area contributed by atoms with Crippen molar-refractivity contribution in [3.8, 4) is 17.7 Å². The van der Waals surface area contributed by atoms with E-state index in [4.69, 9.17) is 10.00 Å². The number of ether oxygens (including phenoxy) is 1. The molecule has 0 aliphatic carbocycles. The summed E-state index contributed by atoms with van der Waals surface area (Å²) in [6.07, 6.45) is 0. The quantitative estimate of drug-likeness (QED) is 0.790. The molecule has 0 atom stereocenters. The molecule has 0 N–H and O–H groups in total. The van der Waals surface area contributed by atoms with Crippen LogP contribution in [0, 0.1) is 17.1 Å². The van der Waals surface area contributed by atoms with Crippen molar-refractivity contribution in [2.45, 2.75) is 19.8 Å². The van der Waals surface area contributed by atoms with E-state index in [1.54, 1.807) is 12.1 Å². The maximum absolute atomic E-state index is 13.5. The molecule has 0 bridgehead atoms. The Morgan fingerprint density at radius 1 is 1.35 bits per heavy atom. The number of halogens is 2. The van der Waals surface area contributed by atoms with E-state index in [1.807, 2.05) is 13.8 Å². The molecule has 0 unspecified atom stereocenters. The third kappa shape index (κ3) is 3.11. The number of hydrogen-bond donors (Lipinski definition) is 0. The molecule has 0 radical (unpaired) electrons. The standard InChI is InChI=1S/C14H11BrFN3O/c1-8(2)14-18-12(15)6-13(19-14)20-11-5-3-4-10(16)9(11)7-17/h3-6,8H,1-2H3. The van der Waals surface area contributed by atoms with Gasteiger partial charge < -0.3 is 4.74 Å². The van der Waals surface area contributed by atoms with Crippen LogP contribution in [0.1, 0.15) is 31.2 Å². The lowest BCUT2D eigenvalue weighted by atomic mass is 10.2. The van der Waals surface area contributed by atoms with Crippen molar-refractivity contribution in [1.82, 2.24) is 9.97 Å². The zero-order chi connectivity index (χ0) is 14.7. The second kappa shape index (κ2) is 5.97. The molecule has 1 aromatic carbocycles. The lowest BCUT2D eigenvalue weighted by Crippen LogP contribution is -2.01. The molecule has 0 spiro atoms. The zero-order valence-electron chi connectivity index (χ0n) is 10.9. The summed E-state index contributed by atoms with van der Waals surface area (Å²) in [5, 5.41) is 8.96. The van der Waals surface area contributed by atoms with Crippen LogP contribution < -0.4 is 4.74 Å². The molecule has 20 heavy (non-hydrogen) atoms. The Balaban J connectivity index is 2.41. The molecule has 1 aromatic heterocycles. The molecule has 0 amide bonds. The van der Waals surface area contributed by atoms with Crippen LogP contribution in [0.4, 0.5) is 4.39 Å². The minimum atomic E-state index is -0.623. The molecule has 0 fully saturated rings. The number of rotatable bonds is 3. The lowest BCUT2D eigenvalue weighted by Gasteiger charge is -2.10. The first-order chi connectivity index (χ1) is 9.51. The van der Waals surface area contributed by atoms with Crippen LogP contribution in [0.2, 0.25) is 0 Å². The summed E-state index contributed by atoms with van der Waals surface area (Å²) in [4.78, 5) is 8.46. The first kappa shape index (κ1) is 14.4. The maximum Gasteiger partial charge on any atom is 0.223 e. The van der Waals surface area contributed by atoms with Gasteiger partial charge >= 0.3 is 0 Å². The Hall–Kier alpha value is -2.00. The van der Waals surface area contributed by atoms with E-state index in [9.17, 15) is 4.39 Å². The number of aromatic nitrogens is 2. The topological polar surface area (TPSA) is 58.8 Å². The largest absolute Gasteiger partial charge is 0.437 e. The van der Waals surface area contributed by atoms with Gasteiger partial charge in [0.05, 0.1) is 0 Å². The van der Waals surface area contributed by atoms with E-state index in [0.29, 0.717) is 10.4 Å². The second-order valence-electron chi connectivity index (χ2n) is 4.37. The molecule has 0 saturated heterocycles. The summed E-state index contributed by atoms with van der Waals surface area (Å²) < 4.78 is 19.6. The summed E-state index contributed by atoms with van der Waals surface area (Å²) >= 11 is 3.27. The van der Waals surface area contributed by atoms with Crippen LogP contribution >= 0.6 is 15.9 Å². The Morgan fingerprint density at radius 2 is 2.10 bits per heavy atom. The summed E-state index contributed by atoms with van der Waals surface area (Å²) in [5.74, 6) is 0.495. The molecule has 4 nitrogen and oxygen atoms in total. The molecule has 0 aliphatic rings. The second-order valence-corrected chi connectivity index (χ2v) is 5.18. The normalized spacial score (nSPS) is 10.4. The first-order valence-corrected chi connectivity index (χ1v) is 6.71. The number of nitrogens with zero attached hydrogens (tertiary/aromatic N) is 3. The van der Waals surface area contributed by atoms with Gasteiger partial charge in [0.15, 0.2) is 0 Å². The summed E-state index contributed by atoms with van der Waals surface area (Å²) in [7, 11) is 0. The van der Waals surface area contributed by atoms with Crippen molar-refractivity contribution >= 4 is 15.9 Å². The van der Waals surface area contributed by atoms with Crippen LogP contribution in [0.25, 0.3) is 0 Å². The van der Waals surface area contributed by atoms with Gasteiger partial charge in [-0.2, -0.15) is 10.2 Å². The molecule has 2 rings (SSSR count). The SMILES string of the molecule is CC(C)c1nc(Br)cc(Oc2cccc(F)c2C#N)n1. The third-order valence-corrected chi connectivity index (χ3v) is 2.91. The Kier molecular flexibility index (Phi) is 4.30. The highest BCUT2D eigenvalue weighted by molar-refractivity contribution is 9.10. The van der Waals surface area contributed by atoms with Gasteiger partial charge in [0.25, 0.3) is 0 Å². The summed E-state index contributed by atoms with van der Waals surface area (Å²) in [6, 6.07) is 7.56. The smallest absolute Gasteiger partial charge is 0.223 e. The summed E-state index contributed by atoms with van der Waals surface area (Å²) in [5.41, 5.74) is -0.145. The van der Waals surface area contributed by atoms with Crippen LogP contribution in [0.15, 0.2) is 28.9 Å². The lowest BCUT2D eigenvalue weighted by molar-refractivity contribution is 0.449. The molecule has 0 saturated carbocycles. The highest BCUT2D eigenvalue weighted by Gasteiger charge is 2.13. The minimum Gasteiger partial charge on any atom is -0.437 e. The van der Waals surface area contributed by atoms with E-state index >= 15 is 0 Å². The van der Waals surface area contributed by atoms with Gasteiger partial charge in [-0.1, -0.05) is 19.9 Å². The highest BCUT2D eigenvalue weighted by atomic mass is 79.9. The Labute approximate surface area is 124 Å². The van der Waals surface area contributed by atoms with Gasteiger partial charge in [-0.3, -0.25) is 0 Å². The van der Waals surface area contributed by atoms with Gasteiger partial charge in [0, 0.05) is 12.0 Å². The van der Waals surface area contributed by atoms with Crippen molar-refractivity contribution in [3.05, 3.63) is 46.1 Å². The van der Waals surface area contributed by atoms with Crippen molar-refractivity contribution < 1.29 is 9.13 Å². The Morgan fingerprint density at radius 3 is 2.75 bits per heavy atom. The average Bonchev–Trinajstić information content (AvgIpc) is 2.38. The van der Waals surface area contributed by atoms with Crippen LogP contribution in [-0.4, -0.2) is 9.97 Å². The van der Waals surface area contributed by atoms with Gasteiger partial charge in [-0.25, -0.2) is 9.37 Å². The number of nitriles is 1. The Bertz CT molecular complexity index is 683. The van der Waals surface area contributed by atoms with E-state index in [1.165, 1.54) is 18.2 Å². The molecule has 2 aromatic rings. The van der Waals surface area contributed by atoms with E-state index in [-0.39, 0.29) is 23.1 Å². The fourth-order valence-electron chi connectivity index (χ4n) is 1.53. The fraction of sp³-hybridized carbons (Fsp3) is 0.214. The van der Waals surface area contributed by atoms with Gasteiger partial charge in [-0.15, -0.1) is 0 Å². The average molecular weight is 336 g/mol. The van der Waals surface area contributed by atoms with Crippen molar-refractivity contribution in [3.63, 3.8) is 0 Å². The number of hydrogen-bond acceptors (Lipinski definition) is 4. The van der Waals surface area contributed by atoms with Gasteiger partial charge in [-0.05, 0) is 28.1 Å². The van der Waals surface area contributed by atoms with Crippen LogP contribution in [-0.2, 0) is 0 Å². The van der Waals surface area contributed by atoms with Crippen molar-refractivity contribution in [2.75, 3.05) is 0 Å². The van der Waals surface area contributed by atoms with E-state index in [2.05, 4.69) is 25.9 Å². The number of benzene rings is 1. The van der Waals surface area contributed by atoms with Crippen molar-refractivity contribution in [1.29, 1.82) is 5.26 Å². The van der Waals surface area contributed by atoms with E-state index in [0.717, 1.165) is 0 Å². The predicted molar refractivity (Wildman–Crippen MR) is 75.0 cm³/mol. The fourth-order valence-corrected chi connectivity index (χ4v) is 1.91. The summed E-state index contributed by atoms with van der Waals surface area (Å²) in [6.45, 7) is 3.91. The van der Waals surface area contributed by atoms with E-state index < -0.39 is 5.82 Å². The zero-order valence-corrected chi connectivity index (χ0v) is 12.5.